The summed E-state index contributed by atoms with van der Waals surface area (Å²) in [5, 5.41) is 15.2. The number of carboxylic acid groups (broad SMARTS) is 1. The van der Waals surface area contributed by atoms with E-state index in [0.29, 0.717) is 41.0 Å². The van der Waals surface area contributed by atoms with Crippen LogP contribution in [-0.4, -0.2) is 41.7 Å². The minimum atomic E-state index is -1.25. The lowest BCUT2D eigenvalue weighted by atomic mass is 10.0. The summed E-state index contributed by atoms with van der Waals surface area (Å²) in [7, 11) is 1.64. The molecule has 1 aromatic carbocycles. The smallest absolute Gasteiger partial charge is 0.341 e. The number of thioether (sulfide) groups is 1. The summed E-state index contributed by atoms with van der Waals surface area (Å²) >= 11 is 8.00. The molecule has 2 heterocycles. The number of ether oxygens (including phenoxy) is 2. The number of rotatable bonds is 9. The average Bonchev–Trinajstić information content (AvgIpc) is 2.71. The van der Waals surface area contributed by atoms with Gasteiger partial charge in [0, 0.05) is 55.5 Å². The summed E-state index contributed by atoms with van der Waals surface area (Å²) in [4.78, 5) is 23.8. The number of halogens is 1. The van der Waals surface area contributed by atoms with Crippen LogP contribution in [0.25, 0.3) is 11.3 Å². The molecule has 0 saturated heterocycles. The topological polar surface area (TPSA) is 89.8 Å². The van der Waals surface area contributed by atoms with Crippen LogP contribution in [0.2, 0.25) is 5.02 Å². The standard InChI is InChI=1S/C21H23ClN2O5S/c1-3-7-30-12-20-23-16-9-19(29-6-4-5-28-2)15(22)8-13(16)17-10-18(25)14(21(26)27)11-24(17)20/h3,7-11,20,23H,4-6,12H2,1-2H3,(H,26,27)/b7-3-. The molecule has 1 aliphatic heterocycles. The van der Waals surface area contributed by atoms with Gasteiger partial charge in [0.15, 0.2) is 5.43 Å². The van der Waals surface area contributed by atoms with Crippen LogP contribution < -0.4 is 15.5 Å². The van der Waals surface area contributed by atoms with Gasteiger partial charge in [-0.1, -0.05) is 17.7 Å². The van der Waals surface area contributed by atoms with Crippen LogP contribution in [0.3, 0.4) is 0 Å². The normalized spacial score (nSPS) is 14.8. The summed E-state index contributed by atoms with van der Waals surface area (Å²) in [6, 6.07) is 4.90. The molecule has 0 spiro atoms. The van der Waals surface area contributed by atoms with Gasteiger partial charge in [0.05, 0.1) is 17.3 Å². The minimum absolute atomic E-state index is 0.255. The van der Waals surface area contributed by atoms with Crippen LogP contribution in [0.5, 0.6) is 5.75 Å². The lowest BCUT2D eigenvalue weighted by Crippen LogP contribution is -2.29. The summed E-state index contributed by atoms with van der Waals surface area (Å²) < 4.78 is 12.6. The zero-order chi connectivity index (χ0) is 21.7. The van der Waals surface area contributed by atoms with Gasteiger partial charge >= 0.3 is 5.97 Å². The molecule has 1 unspecified atom stereocenters. The highest BCUT2D eigenvalue weighted by Gasteiger charge is 2.26. The average molecular weight is 451 g/mol. The molecule has 0 amide bonds. The third-order valence-electron chi connectivity index (χ3n) is 4.55. The van der Waals surface area contributed by atoms with Crippen LogP contribution in [0.1, 0.15) is 29.9 Å². The van der Waals surface area contributed by atoms with E-state index in [9.17, 15) is 14.7 Å². The number of hydrogen-bond donors (Lipinski definition) is 2. The first-order valence-electron chi connectivity index (χ1n) is 9.40. The van der Waals surface area contributed by atoms with Crippen LogP contribution in [0, 0.1) is 0 Å². The Labute approximate surface area is 183 Å². The number of benzene rings is 1. The molecule has 0 radical (unpaired) electrons. The number of fused-ring (bicyclic) bond motifs is 3. The van der Waals surface area contributed by atoms with Crippen molar-refractivity contribution >= 4 is 35.0 Å². The Morgan fingerprint density at radius 2 is 2.17 bits per heavy atom. The first-order valence-corrected chi connectivity index (χ1v) is 10.8. The Morgan fingerprint density at radius 1 is 1.37 bits per heavy atom. The predicted octanol–water partition coefficient (Wildman–Crippen LogP) is 4.47. The van der Waals surface area contributed by atoms with Gasteiger partial charge in [-0.15, -0.1) is 11.8 Å². The van der Waals surface area contributed by atoms with Crippen LogP contribution in [0.4, 0.5) is 5.69 Å². The molecule has 160 valence electrons. The third kappa shape index (κ3) is 4.83. The fourth-order valence-corrected chi connectivity index (χ4v) is 4.13. The van der Waals surface area contributed by atoms with Crippen molar-refractivity contribution in [2.75, 3.05) is 31.4 Å². The van der Waals surface area contributed by atoms with Gasteiger partial charge in [-0.3, -0.25) is 4.79 Å². The Balaban J connectivity index is 2.03. The maximum Gasteiger partial charge on any atom is 0.341 e. The van der Waals surface area contributed by atoms with E-state index in [1.807, 2.05) is 24.5 Å². The van der Waals surface area contributed by atoms with Gasteiger partial charge in [0.1, 0.15) is 17.5 Å². The lowest BCUT2D eigenvalue weighted by Gasteiger charge is -2.32. The molecule has 9 heteroatoms. The van der Waals surface area contributed by atoms with Crippen molar-refractivity contribution in [3.8, 4) is 17.0 Å². The molecular weight excluding hydrogens is 428 g/mol. The van der Waals surface area contributed by atoms with E-state index in [4.69, 9.17) is 21.1 Å². The number of methoxy groups -OCH3 is 1. The molecule has 0 bridgehead atoms. The number of carbonyl (C=O) groups is 1. The van der Waals surface area contributed by atoms with E-state index in [-0.39, 0.29) is 11.7 Å². The number of allylic oxidation sites excluding steroid dienone is 1. The second-order valence-electron chi connectivity index (χ2n) is 6.63. The lowest BCUT2D eigenvalue weighted by molar-refractivity contribution is 0.0694. The van der Waals surface area contributed by atoms with Gasteiger partial charge in [0.25, 0.3) is 0 Å². The number of nitrogens with one attached hydrogen (secondary N) is 1. The number of anilines is 1. The molecule has 2 aromatic rings. The molecule has 1 aliphatic rings. The fraction of sp³-hybridized carbons (Fsp3) is 0.333. The van der Waals surface area contributed by atoms with E-state index < -0.39 is 11.4 Å². The minimum Gasteiger partial charge on any atom is -0.492 e. The van der Waals surface area contributed by atoms with E-state index >= 15 is 0 Å². The van der Waals surface area contributed by atoms with Crippen molar-refractivity contribution in [2.45, 2.75) is 19.5 Å². The molecule has 0 fully saturated rings. The first kappa shape index (κ1) is 22.3. The SMILES string of the molecule is C/C=C\SCC1Nc2cc(OCCCOC)c(Cl)cc2-c2cc(=O)c(C(=O)O)cn21. The maximum atomic E-state index is 12.4. The molecule has 1 atom stereocenters. The zero-order valence-corrected chi connectivity index (χ0v) is 18.3. The number of aromatic carboxylic acids is 1. The predicted molar refractivity (Wildman–Crippen MR) is 120 cm³/mol. The maximum absolute atomic E-state index is 12.4. The number of aromatic nitrogens is 1. The highest BCUT2D eigenvalue weighted by Crippen LogP contribution is 2.42. The Bertz CT molecular complexity index is 1020. The monoisotopic (exact) mass is 450 g/mol. The molecular formula is C21H23ClN2O5S. The number of hydrogen-bond acceptors (Lipinski definition) is 6. The van der Waals surface area contributed by atoms with E-state index in [0.717, 1.165) is 12.1 Å². The van der Waals surface area contributed by atoms with E-state index in [1.54, 1.807) is 29.5 Å². The van der Waals surface area contributed by atoms with Crippen molar-refractivity contribution in [3.05, 3.63) is 56.7 Å². The molecule has 0 aliphatic carbocycles. The van der Waals surface area contributed by atoms with E-state index in [1.165, 1.54) is 12.3 Å². The van der Waals surface area contributed by atoms with Crippen molar-refractivity contribution in [3.63, 3.8) is 0 Å². The van der Waals surface area contributed by atoms with Crippen molar-refractivity contribution in [2.24, 2.45) is 0 Å². The Kier molecular flexibility index (Phi) is 7.47. The summed E-state index contributed by atoms with van der Waals surface area (Å²) in [6.07, 6.45) is 3.80. The number of carboxylic acids is 1. The van der Waals surface area contributed by atoms with Crippen molar-refractivity contribution in [1.29, 1.82) is 0 Å². The fourth-order valence-electron chi connectivity index (χ4n) is 3.18. The Hall–Kier alpha value is -2.42. The first-order chi connectivity index (χ1) is 14.5. The molecule has 7 nitrogen and oxygen atoms in total. The summed E-state index contributed by atoms with van der Waals surface area (Å²) in [5.41, 5.74) is 1.28. The largest absolute Gasteiger partial charge is 0.492 e. The molecule has 0 saturated carbocycles. The second kappa shape index (κ2) is 10.1. The van der Waals surface area contributed by atoms with Crippen molar-refractivity contribution in [1.82, 2.24) is 4.57 Å². The van der Waals surface area contributed by atoms with Gasteiger partial charge in [0.2, 0.25) is 0 Å². The molecule has 1 aromatic heterocycles. The molecule has 30 heavy (non-hydrogen) atoms. The second-order valence-corrected chi connectivity index (χ2v) is 7.98. The van der Waals surface area contributed by atoms with Crippen LogP contribution >= 0.6 is 23.4 Å². The van der Waals surface area contributed by atoms with Gasteiger partial charge in [-0.2, -0.15) is 0 Å². The quantitative estimate of drug-likeness (QED) is 0.544. The van der Waals surface area contributed by atoms with Crippen LogP contribution in [-0.2, 0) is 4.74 Å². The van der Waals surface area contributed by atoms with Gasteiger partial charge in [-0.25, -0.2) is 4.79 Å². The van der Waals surface area contributed by atoms with Gasteiger partial charge < -0.3 is 24.5 Å². The van der Waals surface area contributed by atoms with Gasteiger partial charge in [-0.05, 0) is 18.4 Å². The van der Waals surface area contributed by atoms with Crippen LogP contribution in [0.15, 0.2) is 40.7 Å². The van der Waals surface area contributed by atoms with E-state index in [2.05, 4.69) is 5.32 Å². The molecule has 2 N–H and O–H groups in total. The third-order valence-corrected chi connectivity index (χ3v) is 5.82. The summed E-state index contributed by atoms with van der Waals surface area (Å²) in [6.45, 7) is 2.98. The zero-order valence-electron chi connectivity index (χ0n) is 16.7. The highest BCUT2D eigenvalue weighted by atomic mass is 35.5. The van der Waals surface area contributed by atoms with Crippen molar-refractivity contribution < 1.29 is 19.4 Å². The Morgan fingerprint density at radius 3 is 2.87 bits per heavy atom. The summed E-state index contributed by atoms with van der Waals surface area (Å²) in [5.74, 6) is -0.0821. The number of pyridine rings is 1. The highest BCUT2D eigenvalue weighted by molar-refractivity contribution is 8.02. The number of nitrogens with zero attached hydrogens (tertiary/aromatic N) is 1. The molecule has 3 rings (SSSR count).